The monoisotopic (exact) mass is 346 g/mol. The van der Waals surface area contributed by atoms with Crippen molar-refractivity contribution in [3.05, 3.63) is 66.4 Å². The minimum absolute atomic E-state index is 0.0324. The Bertz CT molecular complexity index is 927. The van der Waals surface area contributed by atoms with Gasteiger partial charge < -0.3 is 15.1 Å². The summed E-state index contributed by atoms with van der Waals surface area (Å²) < 4.78 is 0. The number of urea groups is 1. The molecule has 132 valence electrons. The predicted molar refractivity (Wildman–Crippen MR) is 106 cm³/mol. The van der Waals surface area contributed by atoms with E-state index in [0.29, 0.717) is 13.1 Å². The molecule has 2 amide bonds. The molecule has 0 radical (unpaired) electrons. The first kappa shape index (κ1) is 16.4. The fraction of sp³-hybridized carbons (Fsp3) is 0.238. The molecule has 1 saturated heterocycles. The van der Waals surface area contributed by atoms with Gasteiger partial charge in [-0.1, -0.05) is 36.4 Å². The van der Waals surface area contributed by atoms with Crippen LogP contribution in [0.2, 0.25) is 0 Å². The van der Waals surface area contributed by atoms with Gasteiger partial charge in [-0.2, -0.15) is 0 Å². The zero-order valence-corrected chi connectivity index (χ0v) is 14.9. The van der Waals surface area contributed by atoms with E-state index in [1.165, 1.54) is 0 Å². The average molecular weight is 346 g/mol. The molecule has 2 heterocycles. The second-order valence-corrected chi connectivity index (χ2v) is 6.57. The molecule has 5 heteroatoms. The molecule has 26 heavy (non-hydrogen) atoms. The van der Waals surface area contributed by atoms with Gasteiger partial charge >= 0.3 is 6.03 Å². The van der Waals surface area contributed by atoms with Crippen LogP contribution >= 0.6 is 0 Å². The zero-order valence-electron chi connectivity index (χ0n) is 14.9. The summed E-state index contributed by atoms with van der Waals surface area (Å²) in [6.07, 6.45) is 1.83. The summed E-state index contributed by atoms with van der Waals surface area (Å²) in [6.45, 7) is 5.00. The van der Waals surface area contributed by atoms with Gasteiger partial charge in [0, 0.05) is 43.4 Å². The minimum Gasteiger partial charge on any atom is -0.366 e. The maximum Gasteiger partial charge on any atom is 0.321 e. The highest BCUT2D eigenvalue weighted by Crippen LogP contribution is 2.25. The number of hydrogen-bond acceptors (Lipinski definition) is 3. The van der Waals surface area contributed by atoms with Crippen molar-refractivity contribution in [2.75, 3.05) is 36.4 Å². The summed E-state index contributed by atoms with van der Waals surface area (Å²) in [5, 5.41) is 4.16. The molecule has 1 aliphatic heterocycles. The number of amides is 2. The van der Waals surface area contributed by atoms with Crippen LogP contribution in [0, 0.1) is 6.92 Å². The van der Waals surface area contributed by atoms with Crippen LogP contribution in [0.25, 0.3) is 10.9 Å². The first-order valence-corrected chi connectivity index (χ1v) is 8.92. The van der Waals surface area contributed by atoms with Crippen LogP contribution < -0.4 is 10.2 Å². The topological polar surface area (TPSA) is 48.5 Å². The van der Waals surface area contributed by atoms with Gasteiger partial charge in [0.05, 0.1) is 11.2 Å². The Labute approximate surface area is 153 Å². The van der Waals surface area contributed by atoms with E-state index < -0.39 is 0 Å². The Morgan fingerprint density at radius 1 is 0.962 bits per heavy atom. The van der Waals surface area contributed by atoms with E-state index in [0.717, 1.165) is 40.9 Å². The maximum absolute atomic E-state index is 12.6. The van der Waals surface area contributed by atoms with Gasteiger partial charge in [-0.15, -0.1) is 0 Å². The average Bonchev–Trinajstić information content (AvgIpc) is 2.69. The lowest BCUT2D eigenvalue weighted by molar-refractivity contribution is 0.208. The van der Waals surface area contributed by atoms with Crippen molar-refractivity contribution in [1.82, 2.24) is 9.88 Å². The molecule has 1 aliphatic rings. The molecule has 0 saturated carbocycles. The Morgan fingerprint density at radius 3 is 2.54 bits per heavy atom. The summed E-state index contributed by atoms with van der Waals surface area (Å²) in [5.74, 6) is 0. The van der Waals surface area contributed by atoms with Crippen molar-refractivity contribution in [2.24, 2.45) is 0 Å². The summed E-state index contributed by atoms with van der Waals surface area (Å²) in [7, 11) is 0. The molecular formula is C21H22N4O. The van der Waals surface area contributed by atoms with Crippen LogP contribution in [0.4, 0.5) is 16.2 Å². The normalized spacial score (nSPS) is 14.5. The second kappa shape index (κ2) is 7.04. The third-order valence-corrected chi connectivity index (χ3v) is 4.91. The molecule has 2 aromatic carbocycles. The van der Waals surface area contributed by atoms with Crippen LogP contribution in [-0.4, -0.2) is 42.1 Å². The van der Waals surface area contributed by atoms with E-state index in [1.807, 2.05) is 48.4 Å². The SMILES string of the molecule is Cc1ccccc1NC(=O)N1CCN(c2cccc3cccnc23)CC1. The number of fused-ring (bicyclic) bond motifs is 1. The molecular weight excluding hydrogens is 324 g/mol. The summed E-state index contributed by atoms with van der Waals surface area (Å²) >= 11 is 0. The summed E-state index contributed by atoms with van der Waals surface area (Å²) in [4.78, 5) is 21.3. The molecule has 1 aromatic heterocycles. The van der Waals surface area contributed by atoms with Crippen molar-refractivity contribution in [1.29, 1.82) is 0 Å². The van der Waals surface area contributed by atoms with Gasteiger partial charge in [-0.05, 0) is 30.7 Å². The maximum atomic E-state index is 12.6. The summed E-state index contributed by atoms with van der Waals surface area (Å²) in [6, 6.07) is 18.1. The third-order valence-electron chi connectivity index (χ3n) is 4.91. The second-order valence-electron chi connectivity index (χ2n) is 6.57. The van der Waals surface area contributed by atoms with Crippen LogP contribution in [-0.2, 0) is 0 Å². The molecule has 1 N–H and O–H groups in total. The van der Waals surface area contributed by atoms with Crippen LogP contribution in [0.1, 0.15) is 5.56 Å². The van der Waals surface area contributed by atoms with E-state index in [9.17, 15) is 4.79 Å². The Hall–Kier alpha value is -3.08. The van der Waals surface area contributed by atoms with Crippen LogP contribution in [0.3, 0.4) is 0 Å². The number of rotatable bonds is 2. The van der Waals surface area contributed by atoms with Gasteiger partial charge in [-0.25, -0.2) is 4.79 Å². The highest BCUT2D eigenvalue weighted by molar-refractivity contribution is 5.92. The standard InChI is InChI=1S/C21H22N4O/c1-16-6-2-3-9-18(16)23-21(26)25-14-12-24(13-15-25)19-10-4-7-17-8-5-11-22-20(17)19/h2-11H,12-15H2,1H3,(H,23,26). The Kier molecular flexibility index (Phi) is 4.44. The zero-order chi connectivity index (χ0) is 17.9. The lowest BCUT2D eigenvalue weighted by Gasteiger charge is -2.36. The number of hydrogen-bond donors (Lipinski definition) is 1. The molecule has 0 spiro atoms. The Morgan fingerprint density at radius 2 is 1.73 bits per heavy atom. The molecule has 4 rings (SSSR count). The van der Waals surface area contributed by atoms with E-state index in [-0.39, 0.29) is 6.03 Å². The number of para-hydroxylation sites is 2. The predicted octanol–water partition coefficient (Wildman–Crippen LogP) is 3.90. The number of pyridine rings is 1. The van der Waals surface area contributed by atoms with Gasteiger partial charge in [-0.3, -0.25) is 4.98 Å². The van der Waals surface area contributed by atoms with E-state index in [1.54, 1.807) is 0 Å². The minimum atomic E-state index is -0.0324. The molecule has 1 fully saturated rings. The van der Waals surface area contributed by atoms with Gasteiger partial charge in [0.1, 0.15) is 0 Å². The quantitative estimate of drug-likeness (QED) is 0.766. The largest absolute Gasteiger partial charge is 0.366 e. The first-order chi connectivity index (χ1) is 12.7. The number of benzene rings is 2. The van der Waals surface area contributed by atoms with Crippen LogP contribution in [0.5, 0.6) is 0 Å². The number of carbonyl (C=O) groups is 1. The number of nitrogens with zero attached hydrogens (tertiary/aromatic N) is 3. The molecule has 3 aromatic rings. The number of nitrogens with one attached hydrogen (secondary N) is 1. The van der Waals surface area contributed by atoms with E-state index in [2.05, 4.69) is 39.5 Å². The molecule has 0 unspecified atom stereocenters. The van der Waals surface area contributed by atoms with Crippen molar-refractivity contribution in [2.45, 2.75) is 6.92 Å². The van der Waals surface area contributed by atoms with Crippen LogP contribution in [0.15, 0.2) is 60.8 Å². The van der Waals surface area contributed by atoms with Gasteiger partial charge in [0.25, 0.3) is 0 Å². The van der Waals surface area contributed by atoms with Crippen molar-refractivity contribution in [3.8, 4) is 0 Å². The number of aryl methyl sites for hydroxylation is 1. The smallest absolute Gasteiger partial charge is 0.321 e. The highest BCUT2D eigenvalue weighted by Gasteiger charge is 2.22. The van der Waals surface area contributed by atoms with E-state index >= 15 is 0 Å². The third kappa shape index (κ3) is 3.20. The number of carbonyl (C=O) groups excluding carboxylic acids is 1. The number of piperazine rings is 1. The fourth-order valence-corrected chi connectivity index (χ4v) is 3.40. The number of anilines is 2. The van der Waals surface area contributed by atoms with Gasteiger partial charge in [0.2, 0.25) is 0 Å². The van der Waals surface area contributed by atoms with Crippen molar-refractivity contribution in [3.63, 3.8) is 0 Å². The summed E-state index contributed by atoms with van der Waals surface area (Å²) in [5.41, 5.74) is 4.11. The molecule has 0 aliphatic carbocycles. The first-order valence-electron chi connectivity index (χ1n) is 8.92. The highest BCUT2D eigenvalue weighted by atomic mass is 16.2. The van der Waals surface area contributed by atoms with Crippen molar-refractivity contribution >= 4 is 28.3 Å². The van der Waals surface area contributed by atoms with E-state index in [4.69, 9.17) is 0 Å². The molecule has 0 bridgehead atoms. The lowest BCUT2D eigenvalue weighted by atomic mass is 10.1. The molecule has 0 atom stereocenters. The fourth-order valence-electron chi connectivity index (χ4n) is 3.40. The number of aromatic nitrogens is 1. The van der Waals surface area contributed by atoms with Gasteiger partial charge in [0.15, 0.2) is 0 Å². The molecule has 5 nitrogen and oxygen atoms in total. The Balaban J connectivity index is 1.44. The van der Waals surface area contributed by atoms with Crippen molar-refractivity contribution < 1.29 is 4.79 Å². The lowest BCUT2D eigenvalue weighted by Crippen LogP contribution is -2.50.